The molecule has 0 spiro atoms. The summed E-state index contributed by atoms with van der Waals surface area (Å²) in [5.41, 5.74) is 0. The van der Waals surface area contributed by atoms with Gasteiger partial charge in [0, 0.05) is 22.2 Å². The van der Waals surface area contributed by atoms with E-state index in [0.717, 1.165) is 12.8 Å². The Kier molecular flexibility index (Phi) is 3.79. The number of hydrogen-bond acceptors (Lipinski definition) is 2. The third-order valence-electron chi connectivity index (χ3n) is 4.07. The minimum absolute atomic E-state index is 0.156. The maximum atomic E-state index is 12.6. The van der Waals surface area contributed by atoms with E-state index in [1.165, 1.54) is 0 Å². The molecule has 0 amide bonds. The normalized spacial score (nSPS) is 35.5. The van der Waals surface area contributed by atoms with Crippen LogP contribution in [-0.2, 0) is 10.0 Å². The summed E-state index contributed by atoms with van der Waals surface area (Å²) in [5.74, 6) is 0.497. The van der Waals surface area contributed by atoms with Crippen molar-refractivity contribution in [2.24, 2.45) is 5.92 Å². The monoisotopic (exact) mass is 407 g/mol. The lowest BCUT2D eigenvalue weighted by molar-refractivity contribution is 0.0667. The molecular formula is C13H15Br2NO2S. The smallest absolute Gasteiger partial charge is 0.207 e. The number of fused-ring (bicyclic) bond motifs is 1. The molecule has 19 heavy (non-hydrogen) atoms. The summed E-state index contributed by atoms with van der Waals surface area (Å²) in [4.78, 5) is 1.21. The van der Waals surface area contributed by atoms with Crippen LogP contribution in [0.15, 0.2) is 35.2 Å². The van der Waals surface area contributed by atoms with Crippen molar-refractivity contribution in [3.63, 3.8) is 0 Å². The molecule has 3 nitrogen and oxygen atoms in total. The van der Waals surface area contributed by atoms with Gasteiger partial charge in [-0.2, -0.15) is 4.31 Å². The van der Waals surface area contributed by atoms with E-state index in [9.17, 15) is 8.42 Å². The van der Waals surface area contributed by atoms with Gasteiger partial charge in [-0.15, -0.1) is 0 Å². The van der Waals surface area contributed by atoms with Crippen LogP contribution in [0.5, 0.6) is 0 Å². The zero-order chi connectivity index (χ0) is 13.6. The van der Waals surface area contributed by atoms with Gasteiger partial charge in [-0.05, 0) is 30.9 Å². The third-order valence-corrected chi connectivity index (χ3v) is 8.70. The summed E-state index contributed by atoms with van der Waals surface area (Å²) in [6.07, 6.45) is 1.92. The molecule has 0 unspecified atom stereocenters. The Morgan fingerprint density at radius 1 is 1.05 bits per heavy atom. The average molecular weight is 409 g/mol. The Labute approximate surface area is 130 Å². The highest BCUT2D eigenvalue weighted by Gasteiger charge is 2.50. The number of alkyl halides is 2. The van der Waals surface area contributed by atoms with E-state index in [2.05, 4.69) is 31.9 Å². The van der Waals surface area contributed by atoms with Gasteiger partial charge in [0.1, 0.15) is 0 Å². The van der Waals surface area contributed by atoms with E-state index < -0.39 is 10.0 Å². The minimum Gasteiger partial charge on any atom is -0.207 e. The SMILES string of the molecule is O=S(=O)(c1ccccc1)N1C[C@@H]2C[C@H](Br)[C@H](Br)C[C@H]21. The van der Waals surface area contributed by atoms with Gasteiger partial charge in [-0.1, -0.05) is 50.1 Å². The Balaban J connectivity index is 1.82. The molecule has 3 rings (SSSR count). The predicted octanol–water partition coefficient (Wildman–Crippen LogP) is 3.00. The van der Waals surface area contributed by atoms with E-state index >= 15 is 0 Å². The number of sulfonamides is 1. The van der Waals surface area contributed by atoms with Crippen molar-refractivity contribution in [1.29, 1.82) is 0 Å². The van der Waals surface area contributed by atoms with Crippen LogP contribution in [0.4, 0.5) is 0 Å². The summed E-state index contributed by atoms with van der Waals surface area (Å²) in [5, 5.41) is 0. The molecule has 0 radical (unpaired) electrons. The molecular weight excluding hydrogens is 394 g/mol. The molecule has 0 aromatic heterocycles. The molecule has 1 aromatic carbocycles. The molecule has 0 bridgehead atoms. The fourth-order valence-electron chi connectivity index (χ4n) is 2.95. The number of nitrogens with zero attached hydrogens (tertiary/aromatic N) is 1. The lowest BCUT2D eigenvalue weighted by Crippen LogP contribution is -2.62. The van der Waals surface area contributed by atoms with E-state index in [1.807, 2.05) is 6.07 Å². The second kappa shape index (κ2) is 5.13. The van der Waals surface area contributed by atoms with Crippen LogP contribution < -0.4 is 0 Å². The molecule has 1 aliphatic carbocycles. The molecule has 6 heteroatoms. The van der Waals surface area contributed by atoms with Crippen molar-refractivity contribution >= 4 is 41.9 Å². The summed E-state index contributed by atoms with van der Waals surface area (Å²) in [6.45, 7) is 0.656. The average Bonchev–Trinajstić information content (AvgIpc) is 2.39. The summed E-state index contributed by atoms with van der Waals surface area (Å²) in [6, 6.07) is 8.88. The first-order valence-electron chi connectivity index (χ1n) is 6.35. The highest BCUT2D eigenvalue weighted by atomic mass is 79.9. The summed E-state index contributed by atoms with van der Waals surface area (Å²) in [7, 11) is -3.32. The van der Waals surface area contributed by atoms with E-state index in [-0.39, 0.29) is 6.04 Å². The predicted molar refractivity (Wildman–Crippen MR) is 82.3 cm³/mol. The molecule has 0 N–H and O–H groups in total. The van der Waals surface area contributed by atoms with Gasteiger partial charge >= 0.3 is 0 Å². The van der Waals surface area contributed by atoms with Gasteiger partial charge in [0.15, 0.2) is 0 Å². The van der Waals surface area contributed by atoms with E-state index in [4.69, 9.17) is 0 Å². The molecule has 2 fully saturated rings. The Hall–Kier alpha value is 0.0900. The van der Waals surface area contributed by atoms with Gasteiger partial charge in [0.2, 0.25) is 10.0 Å². The van der Waals surface area contributed by atoms with Crippen LogP contribution in [0.25, 0.3) is 0 Å². The van der Waals surface area contributed by atoms with Crippen LogP contribution in [0.1, 0.15) is 12.8 Å². The highest BCUT2D eigenvalue weighted by Crippen LogP contribution is 2.44. The summed E-state index contributed by atoms with van der Waals surface area (Å²) < 4.78 is 26.8. The van der Waals surface area contributed by atoms with Crippen molar-refractivity contribution in [2.75, 3.05) is 6.54 Å². The maximum absolute atomic E-state index is 12.6. The van der Waals surface area contributed by atoms with Crippen LogP contribution in [0.2, 0.25) is 0 Å². The lowest BCUT2D eigenvalue weighted by Gasteiger charge is -2.52. The number of halogens is 2. The zero-order valence-corrected chi connectivity index (χ0v) is 14.2. The van der Waals surface area contributed by atoms with Crippen molar-refractivity contribution in [3.05, 3.63) is 30.3 Å². The molecule has 4 atom stereocenters. The maximum Gasteiger partial charge on any atom is 0.243 e. The molecule has 1 saturated heterocycles. The first-order valence-corrected chi connectivity index (χ1v) is 9.62. The first kappa shape index (κ1) is 14.0. The fourth-order valence-corrected chi connectivity index (χ4v) is 6.02. The first-order chi connectivity index (χ1) is 9.00. The number of benzene rings is 1. The van der Waals surface area contributed by atoms with Gasteiger partial charge in [-0.25, -0.2) is 8.42 Å². The van der Waals surface area contributed by atoms with Crippen molar-refractivity contribution in [3.8, 4) is 0 Å². The Morgan fingerprint density at radius 2 is 1.68 bits per heavy atom. The largest absolute Gasteiger partial charge is 0.243 e. The lowest BCUT2D eigenvalue weighted by atomic mass is 9.79. The molecule has 1 aliphatic heterocycles. The molecule has 104 valence electrons. The second-order valence-electron chi connectivity index (χ2n) is 5.22. The van der Waals surface area contributed by atoms with Crippen LogP contribution >= 0.6 is 31.9 Å². The van der Waals surface area contributed by atoms with Gasteiger partial charge in [0.05, 0.1) is 4.90 Å². The Morgan fingerprint density at radius 3 is 2.37 bits per heavy atom. The third kappa shape index (κ3) is 2.41. The van der Waals surface area contributed by atoms with Crippen LogP contribution in [-0.4, -0.2) is 35.0 Å². The molecule has 1 saturated carbocycles. The second-order valence-corrected chi connectivity index (χ2v) is 9.46. The minimum atomic E-state index is -3.32. The topological polar surface area (TPSA) is 37.4 Å². The highest BCUT2D eigenvalue weighted by molar-refractivity contribution is 9.12. The summed E-state index contributed by atoms with van der Waals surface area (Å²) >= 11 is 7.29. The standard InChI is InChI=1S/C13H15Br2NO2S/c14-11-6-9-8-16(13(9)7-12(11)15)19(17,18)10-4-2-1-3-5-10/h1-5,9,11-13H,6-8H2/t9-,11-,12+,13+/m0/s1. The van der Waals surface area contributed by atoms with Crippen molar-refractivity contribution in [2.45, 2.75) is 33.4 Å². The van der Waals surface area contributed by atoms with Gasteiger partial charge in [0.25, 0.3) is 0 Å². The van der Waals surface area contributed by atoms with Gasteiger partial charge in [-0.3, -0.25) is 0 Å². The van der Waals surface area contributed by atoms with Crippen LogP contribution in [0, 0.1) is 5.92 Å². The van der Waals surface area contributed by atoms with E-state index in [0.29, 0.717) is 27.0 Å². The fraction of sp³-hybridized carbons (Fsp3) is 0.538. The van der Waals surface area contributed by atoms with Crippen molar-refractivity contribution in [1.82, 2.24) is 4.31 Å². The Bertz CT molecular complexity index is 563. The quantitative estimate of drug-likeness (QED) is 0.705. The van der Waals surface area contributed by atoms with Crippen LogP contribution in [0.3, 0.4) is 0 Å². The van der Waals surface area contributed by atoms with Crippen molar-refractivity contribution < 1.29 is 8.42 Å². The van der Waals surface area contributed by atoms with E-state index in [1.54, 1.807) is 28.6 Å². The number of rotatable bonds is 2. The number of hydrogen-bond donors (Lipinski definition) is 0. The zero-order valence-electron chi connectivity index (χ0n) is 10.2. The molecule has 2 aliphatic rings. The molecule has 1 heterocycles. The van der Waals surface area contributed by atoms with Gasteiger partial charge < -0.3 is 0 Å². The molecule has 1 aromatic rings.